The van der Waals surface area contributed by atoms with Crippen molar-refractivity contribution in [3.63, 3.8) is 0 Å². The molecule has 3 rings (SSSR count). The molecule has 1 aromatic carbocycles. The highest BCUT2D eigenvalue weighted by atomic mass is 16.2. The normalized spacial score (nSPS) is 14.8. The molecule has 100 valence electrons. The minimum absolute atomic E-state index is 0.166. The Balaban J connectivity index is 1.74. The standard InChI is InChI=1S/C14H18N4O/c1-9-3-2-4-11-12(9)17-14(15)18(11)8-7-16-13(19)10-5-6-10/h2-4,10H,5-8H2,1H3,(H2,15,17)(H,16,19). The molecule has 0 atom stereocenters. The zero-order valence-electron chi connectivity index (χ0n) is 11.0. The average molecular weight is 258 g/mol. The van der Waals surface area contributed by atoms with Gasteiger partial charge in [-0.2, -0.15) is 0 Å². The van der Waals surface area contributed by atoms with Crippen LogP contribution in [0.2, 0.25) is 0 Å². The van der Waals surface area contributed by atoms with E-state index in [2.05, 4.69) is 10.3 Å². The van der Waals surface area contributed by atoms with Crippen LogP contribution in [0.3, 0.4) is 0 Å². The molecule has 3 N–H and O–H groups in total. The van der Waals surface area contributed by atoms with Crippen molar-refractivity contribution in [2.45, 2.75) is 26.3 Å². The number of fused-ring (bicyclic) bond motifs is 1. The second-order valence-corrected chi connectivity index (χ2v) is 5.13. The third-order valence-electron chi connectivity index (χ3n) is 3.59. The third kappa shape index (κ3) is 2.28. The van der Waals surface area contributed by atoms with Crippen LogP contribution in [0.4, 0.5) is 5.95 Å². The van der Waals surface area contributed by atoms with Crippen molar-refractivity contribution in [2.24, 2.45) is 5.92 Å². The van der Waals surface area contributed by atoms with Gasteiger partial charge in [0.05, 0.1) is 11.0 Å². The van der Waals surface area contributed by atoms with Gasteiger partial charge in [0.15, 0.2) is 0 Å². The quantitative estimate of drug-likeness (QED) is 0.871. The van der Waals surface area contributed by atoms with Crippen LogP contribution in [0.5, 0.6) is 0 Å². The Morgan fingerprint density at radius 2 is 2.32 bits per heavy atom. The molecule has 2 aromatic rings. The monoisotopic (exact) mass is 258 g/mol. The number of imidazole rings is 1. The fourth-order valence-corrected chi connectivity index (χ4v) is 2.32. The summed E-state index contributed by atoms with van der Waals surface area (Å²) in [5, 5.41) is 2.95. The summed E-state index contributed by atoms with van der Waals surface area (Å²) < 4.78 is 1.95. The first-order valence-corrected chi connectivity index (χ1v) is 6.66. The number of para-hydroxylation sites is 1. The molecular formula is C14H18N4O. The Morgan fingerprint density at radius 3 is 3.05 bits per heavy atom. The first-order valence-electron chi connectivity index (χ1n) is 6.66. The lowest BCUT2D eigenvalue weighted by atomic mass is 10.2. The molecule has 0 bridgehead atoms. The van der Waals surface area contributed by atoms with Gasteiger partial charge in [-0.25, -0.2) is 4.98 Å². The highest BCUT2D eigenvalue weighted by Crippen LogP contribution is 2.28. The number of nitrogens with two attached hydrogens (primary N) is 1. The van der Waals surface area contributed by atoms with Gasteiger partial charge in [0.2, 0.25) is 11.9 Å². The number of aromatic nitrogens is 2. The van der Waals surface area contributed by atoms with Crippen molar-refractivity contribution in [2.75, 3.05) is 12.3 Å². The molecule has 0 radical (unpaired) electrons. The Bertz CT molecular complexity index is 628. The number of carbonyl (C=O) groups excluding carboxylic acids is 1. The SMILES string of the molecule is Cc1cccc2c1nc(N)n2CCNC(=O)C1CC1. The van der Waals surface area contributed by atoms with E-state index in [0.29, 0.717) is 19.0 Å². The zero-order valence-corrected chi connectivity index (χ0v) is 11.0. The summed E-state index contributed by atoms with van der Waals surface area (Å²) in [6.45, 7) is 3.27. The van der Waals surface area contributed by atoms with Gasteiger partial charge in [0, 0.05) is 19.0 Å². The van der Waals surface area contributed by atoms with Gasteiger partial charge in [0.1, 0.15) is 0 Å². The van der Waals surface area contributed by atoms with Crippen molar-refractivity contribution in [1.29, 1.82) is 0 Å². The number of amides is 1. The second kappa shape index (κ2) is 4.57. The molecule has 1 heterocycles. The molecule has 0 saturated heterocycles. The van der Waals surface area contributed by atoms with E-state index in [0.717, 1.165) is 29.4 Å². The van der Waals surface area contributed by atoms with Crippen molar-refractivity contribution >= 4 is 22.9 Å². The number of anilines is 1. The number of rotatable bonds is 4. The second-order valence-electron chi connectivity index (χ2n) is 5.13. The molecule has 5 heteroatoms. The smallest absolute Gasteiger partial charge is 0.223 e. The maximum absolute atomic E-state index is 11.6. The fourth-order valence-electron chi connectivity index (χ4n) is 2.32. The zero-order chi connectivity index (χ0) is 13.4. The van der Waals surface area contributed by atoms with Crippen LogP contribution < -0.4 is 11.1 Å². The highest BCUT2D eigenvalue weighted by molar-refractivity contribution is 5.82. The predicted molar refractivity (Wildman–Crippen MR) is 74.6 cm³/mol. The summed E-state index contributed by atoms with van der Waals surface area (Å²) in [5.74, 6) is 0.920. The van der Waals surface area contributed by atoms with Gasteiger partial charge in [-0.05, 0) is 31.4 Å². The molecule has 1 aromatic heterocycles. The number of nitrogens with zero attached hydrogens (tertiary/aromatic N) is 2. The molecule has 0 unspecified atom stereocenters. The van der Waals surface area contributed by atoms with Crippen LogP contribution in [-0.4, -0.2) is 22.0 Å². The molecule has 1 fully saturated rings. The lowest BCUT2D eigenvalue weighted by molar-refractivity contribution is -0.122. The summed E-state index contributed by atoms with van der Waals surface area (Å²) in [5.41, 5.74) is 9.03. The lowest BCUT2D eigenvalue weighted by Crippen LogP contribution is -2.28. The number of nitrogens with one attached hydrogen (secondary N) is 1. The van der Waals surface area contributed by atoms with Crippen LogP contribution in [0.25, 0.3) is 11.0 Å². The summed E-state index contributed by atoms with van der Waals surface area (Å²) in [7, 11) is 0. The summed E-state index contributed by atoms with van der Waals surface area (Å²) >= 11 is 0. The van der Waals surface area contributed by atoms with E-state index in [4.69, 9.17) is 5.73 Å². The lowest BCUT2D eigenvalue weighted by Gasteiger charge is -2.08. The summed E-state index contributed by atoms with van der Waals surface area (Å²) in [6, 6.07) is 6.03. The minimum Gasteiger partial charge on any atom is -0.369 e. The van der Waals surface area contributed by atoms with Crippen LogP contribution in [0.1, 0.15) is 18.4 Å². The van der Waals surface area contributed by atoms with Crippen LogP contribution in [0.15, 0.2) is 18.2 Å². The molecule has 1 aliphatic carbocycles. The molecule has 5 nitrogen and oxygen atoms in total. The van der Waals surface area contributed by atoms with E-state index in [-0.39, 0.29) is 11.8 Å². The number of hydrogen-bond acceptors (Lipinski definition) is 3. The molecule has 1 aliphatic rings. The molecule has 1 amide bonds. The van der Waals surface area contributed by atoms with E-state index in [1.165, 1.54) is 0 Å². The number of hydrogen-bond donors (Lipinski definition) is 2. The van der Waals surface area contributed by atoms with Crippen LogP contribution in [-0.2, 0) is 11.3 Å². The number of aryl methyl sites for hydroxylation is 1. The largest absolute Gasteiger partial charge is 0.369 e. The van der Waals surface area contributed by atoms with Gasteiger partial charge in [-0.3, -0.25) is 4.79 Å². The maximum Gasteiger partial charge on any atom is 0.223 e. The number of benzene rings is 1. The Labute approximate surface area is 111 Å². The number of nitrogen functional groups attached to an aromatic ring is 1. The van der Waals surface area contributed by atoms with Crippen molar-refractivity contribution in [3.8, 4) is 0 Å². The fraction of sp³-hybridized carbons (Fsp3) is 0.429. The van der Waals surface area contributed by atoms with Crippen LogP contribution in [0, 0.1) is 12.8 Å². The van der Waals surface area contributed by atoms with Gasteiger partial charge >= 0.3 is 0 Å². The topological polar surface area (TPSA) is 72.9 Å². The van der Waals surface area contributed by atoms with Gasteiger partial charge < -0.3 is 15.6 Å². The first kappa shape index (κ1) is 12.0. The van der Waals surface area contributed by atoms with Gasteiger partial charge in [-0.1, -0.05) is 12.1 Å². The Hall–Kier alpha value is -2.04. The van der Waals surface area contributed by atoms with E-state index < -0.39 is 0 Å². The van der Waals surface area contributed by atoms with Crippen molar-refractivity contribution < 1.29 is 4.79 Å². The van der Waals surface area contributed by atoms with E-state index in [1.807, 2.05) is 29.7 Å². The van der Waals surface area contributed by atoms with Crippen LogP contribution >= 0.6 is 0 Å². The van der Waals surface area contributed by atoms with Crippen molar-refractivity contribution in [3.05, 3.63) is 23.8 Å². The van der Waals surface area contributed by atoms with E-state index in [1.54, 1.807) is 0 Å². The summed E-state index contributed by atoms with van der Waals surface area (Å²) in [6.07, 6.45) is 2.06. The molecule has 0 spiro atoms. The number of carbonyl (C=O) groups is 1. The molecule has 1 saturated carbocycles. The van der Waals surface area contributed by atoms with Gasteiger partial charge in [0.25, 0.3) is 0 Å². The average Bonchev–Trinajstić information content (AvgIpc) is 3.17. The molecule has 0 aliphatic heterocycles. The van der Waals surface area contributed by atoms with Crippen molar-refractivity contribution in [1.82, 2.24) is 14.9 Å². The predicted octanol–water partition coefficient (Wildman–Crippen LogP) is 1.45. The Morgan fingerprint density at radius 1 is 1.53 bits per heavy atom. The maximum atomic E-state index is 11.6. The third-order valence-corrected chi connectivity index (χ3v) is 3.59. The van der Waals surface area contributed by atoms with E-state index in [9.17, 15) is 4.79 Å². The van der Waals surface area contributed by atoms with Gasteiger partial charge in [-0.15, -0.1) is 0 Å². The Kier molecular flexibility index (Phi) is 2.89. The highest BCUT2D eigenvalue weighted by Gasteiger charge is 2.29. The molecular weight excluding hydrogens is 240 g/mol. The minimum atomic E-state index is 0.166. The first-order chi connectivity index (χ1) is 9.16. The van der Waals surface area contributed by atoms with E-state index >= 15 is 0 Å². The summed E-state index contributed by atoms with van der Waals surface area (Å²) in [4.78, 5) is 16.0. The molecule has 19 heavy (non-hydrogen) atoms.